The Morgan fingerprint density at radius 1 is 0.326 bits per heavy atom. The molecule has 222 valence electrons. The average molecular weight is 749 g/mol. The van der Waals surface area contributed by atoms with Gasteiger partial charge in [-0.25, -0.2) is 0 Å². The van der Waals surface area contributed by atoms with Crippen LogP contribution in [0.25, 0.3) is 12.2 Å². The second-order valence-electron chi connectivity index (χ2n) is 12.8. The molecule has 46 heavy (non-hydrogen) atoms. The van der Waals surface area contributed by atoms with Crippen molar-refractivity contribution in [3.63, 3.8) is 0 Å². The second-order valence-corrected chi connectivity index (χ2v) is 33.6. The molecule has 0 bridgehead atoms. The molecule has 2 heteroatoms. The van der Waals surface area contributed by atoms with Crippen LogP contribution in [0.2, 0.25) is 8.26 Å². The molecule has 0 heterocycles. The zero-order valence-electron chi connectivity index (χ0n) is 26.0. The summed E-state index contributed by atoms with van der Waals surface area (Å²) in [7, 11) is 0. The molecule has 2 atom stereocenters. The molecule has 0 aromatic heterocycles. The topological polar surface area (TPSA) is 0 Å². The van der Waals surface area contributed by atoms with Gasteiger partial charge < -0.3 is 0 Å². The summed E-state index contributed by atoms with van der Waals surface area (Å²) < 4.78 is 9.85. The van der Waals surface area contributed by atoms with Gasteiger partial charge in [0.25, 0.3) is 0 Å². The van der Waals surface area contributed by atoms with Crippen LogP contribution in [-0.2, 0) is 40.5 Å². The summed E-state index contributed by atoms with van der Waals surface area (Å²) in [4.78, 5) is 0. The van der Waals surface area contributed by atoms with E-state index in [2.05, 4.69) is 194 Å². The number of hydrogen-bond donors (Lipinski definition) is 0. The summed E-state index contributed by atoms with van der Waals surface area (Å²) in [5.74, 6) is 0. The number of allylic oxidation sites excluding steroid dienone is 2. The van der Waals surface area contributed by atoms with E-state index in [1.165, 1.54) is 30.5 Å². The molecule has 8 rings (SSSR count). The van der Waals surface area contributed by atoms with Crippen LogP contribution in [0.5, 0.6) is 0 Å². The Bertz CT molecular complexity index is 1770. The third kappa shape index (κ3) is 5.10. The fraction of sp³-hybridized carbons (Fsp3) is 0.0909. The molecule has 2 aliphatic carbocycles. The van der Waals surface area contributed by atoms with E-state index in [0.29, 0.717) is 7.25 Å². The van der Waals surface area contributed by atoms with E-state index in [1.54, 1.807) is 13.1 Å². The normalized spacial score (nSPS) is 16.7. The van der Waals surface area contributed by atoms with E-state index in [9.17, 15) is 0 Å². The summed E-state index contributed by atoms with van der Waals surface area (Å²) in [6.07, 6.45) is 10.0. The van der Waals surface area contributed by atoms with E-state index in [1.807, 2.05) is 0 Å². The molecule has 0 saturated heterocycles. The predicted molar refractivity (Wildman–Crippen MR) is 190 cm³/mol. The molecule has 0 saturated carbocycles. The third-order valence-electron chi connectivity index (χ3n) is 10.7. The SMILES string of the molecule is C1=C[CH]([Zr]([CH2][CH2][Zr]([c]2ccccc2)([c]2ccccc2)[CH]2C=Cc3ccccc32)([c]2ccccc2)[c]2ccccc2)c2ccccc21. The van der Waals surface area contributed by atoms with Gasteiger partial charge in [0.2, 0.25) is 0 Å². The summed E-state index contributed by atoms with van der Waals surface area (Å²) >= 11 is -7.14. The molecule has 0 nitrogen and oxygen atoms in total. The van der Waals surface area contributed by atoms with Crippen molar-refractivity contribution < 1.29 is 40.5 Å². The Hall–Kier alpha value is -3.43. The molecule has 0 spiro atoms. The van der Waals surface area contributed by atoms with Crippen molar-refractivity contribution >= 4 is 25.2 Å². The second kappa shape index (κ2) is 13.0. The van der Waals surface area contributed by atoms with E-state index in [-0.39, 0.29) is 0 Å². The van der Waals surface area contributed by atoms with Gasteiger partial charge >= 0.3 is 286 Å². The third-order valence-corrected chi connectivity index (χ3v) is 40.0. The predicted octanol–water partition coefficient (Wildman–Crippen LogP) is 8.97. The zero-order chi connectivity index (χ0) is 30.8. The van der Waals surface area contributed by atoms with Crippen molar-refractivity contribution in [1.29, 1.82) is 0 Å². The van der Waals surface area contributed by atoms with Crippen molar-refractivity contribution in [2.75, 3.05) is 0 Å². The van der Waals surface area contributed by atoms with Gasteiger partial charge in [-0.3, -0.25) is 0 Å². The quantitative estimate of drug-likeness (QED) is 0.139. The van der Waals surface area contributed by atoms with E-state index < -0.39 is 40.5 Å². The van der Waals surface area contributed by atoms with Gasteiger partial charge in [0.15, 0.2) is 0 Å². The van der Waals surface area contributed by atoms with Crippen molar-refractivity contribution in [2.45, 2.75) is 15.5 Å². The molecule has 0 radical (unpaired) electrons. The molecule has 0 amide bonds. The Labute approximate surface area is 283 Å². The minimum absolute atomic E-state index is 0.442. The monoisotopic (exact) mass is 746 g/mol. The van der Waals surface area contributed by atoms with Crippen LogP contribution in [-0.4, -0.2) is 0 Å². The van der Waals surface area contributed by atoms with Gasteiger partial charge in [0.05, 0.1) is 0 Å². The van der Waals surface area contributed by atoms with Gasteiger partial charge in [0.1, 0.15) is 0 Å². The zero-order valence-corrected chi connectivity index (χ0v) is 31.0. The first-order valence-corrected chi connectivity index (χ1v) is 27.8. The molecule has 6 aromatic carbocycles. The van der Waals surface area contributed by atoms with E-state index >= 15 is 0 Å². The van der Waals surface area contributed by atoms with Gasteiger partial charge in [-0.2, -0.15) is 0 Å². The summed E-state index contributed by atoms with van der Waals surface area (Å²) in [6, 6.07) is 65.3. The van der Waals surface area contributed by atoms with Gasteiger partial charge in [-0.1, -0.05) is 0 Å². The molecule has 0 fully saturated rings. The Balaban J connectivity index is 1.38. The van der Waals surface area contributed by atoms with Crippen LogP contribution in [0.15, 0.2) is 182 Å². The maximum atomic E-state index is 2.59. The van der Waals surface area contributed by atoms with Gasteiger partial charge in [0, 0.05) is 0 Å². The Kier molecular flexibility index (Phi) is 8.45. The van der Waals surface area contributed by atoms with Crippen LogP contribution in [0.4, 0.5) is 0 Å². The molecule has 6 aromatic rings. The maximum absolute atomic E-state index is 3.57. The average Bonchev–Trinajstić information content (AvgIpc) is 3.78. The van der Waals surface area contributed by atoms with Crippen LogP contribution in [0, 0.1) is 0 Å². The van der Waals surface area contributed by atoms with Crippen LogP contribution < -0.4 is 13.1 Å². The van der Waals surface area contributed by atoms with E-state index in [0.717, 1.165) is 0 Å². The number of rotatable bonds is 9. The number of benzene rings is 6. The standard InChI is InChI=1S/2C9H7.4C6H5.C2H4.2Zr/c2*1-2-5-9-7-3-6-8(9)4-1;4*1-2-4-6-5-3-1;1-2;;/h2*1-7H;4*1-5H;1-2H2;;. The fourth-order valence-electron chi connectivity index (χ4n) is 8.63. The van der Waals surface area contributed by atoms with Gasteiger partial charge in [-0.15, -0.1) is 0 Å². The fourth-order valence-corrected chi connectivity index (χ4v) is 45.3. The summed E-state index contributed by atoms with van der Waals surface area (Å²) in [5, 5.41) is 0. The molecule has 2 unspecified atom stereocenters. The van der Waals surface area contributed by atoms with Gasteiger partial charge in [-0.05, 0) is 0 Å². The molecular formula is C44H38Zr2. The molecule has 0 aliphatic heterocycles. The first kappa shape index (κ1) is 29.9. The number of hydrogen-bond acceptors (Lipinski definition) is 0. The Morgan fingerprint density at radius 3 is 0.935 bits per heavy atom. The molecule has 2 aliphatic rings. The van der Waals surface area contributed by atoms with Crippen molar-refractivity contribution in [2.24, 2.45) is 0 Å². The van der Waals surface area contributed by atoms with Crippen molar-refractivity contribution in [3.8, 4) is 0 Å². The van der Waals surface area contributed by atoms with E-state index in [4.69, 9.17) is 0 Å². The van der Waals surface area contributed by atoms with Crippen LogP contribution in [0.3, 0.4) is 0 Å². The summed E-state index contributed by atoms with van der Waals surface area (Å²) in [6.45, 7) is 0. The van der Waals surface area contributed by atoms with Crippen LogP contribution in [0.1, 0.15) is 29.5 Å². The molecular weight excluding hydrogens is 711 g/mol. The van der Waals surface area contributed by atoms with Crippen molar-refractivity contribution in [3.05, 3.63) is 204 Å². The first-order chi connectivity index (χ1) is 22.8. The Morgan fingerprint density at radius 2 is 0.609 bits per heavy atom. The molecule has 0 N–H and O–H groups in total. The number of fused-ring (bicyclic) bond motifs is 2. The summed E-state index contributed by atoms with van der Waals surface area (Å²) in [5.41, 5.74) is 5.85. The first-order valence-electron chi connectivity index (χ1n) is 16.6. The minimum atomic E-state index is -3.57. The van der Waals surface area contributed by atoms with Crippen LogP contribution >= 0.6 is 0 Å². The van der Waals surface area contributed by atoms with Crippen molar-refractivity contribution in [1.82, 2.24) is 0 Å².